The minimum absolute atomic E-state index is 0.0573. The first-order valence-corrected chi connectivity index (χ1v) is 11.8. The number of amides is 2. The Morgan fingerprint density at radius 3 is 2.49 bits per heavy atom. The Labute approximate surface area is 217 Å². The van der Waals surface area contributed by atoms with Crippen LogP contribution >= 0.6 is 39.1 Å². The molecule has 1 atom stereocenters. The molecule has 35 heavy (non-hydrogen) atoms. The van der Waals surface area contributed by atoms with Crippen molar-refractivity contribution in [1.82, 2.24) is 5.32 Å². The second-order valence-corrected chi connectivity index (χ2v) is 9.76. The number of carbonyl (C=O) groups is 2. The van der Waals surface area contributed by atoms with Crippen LogP contribution < -0.4 is 16.0 Å². The molecule has 1 aliphatic rings. The average Bonchev–Trinajstić information content (AvgIpc) is 3.01. The van der Waals surface area contributed by atoms with Crippen LogP contribution in [0.5, 0.6) is 0 Å². The van der Waals surface area contributed by atoms with Gasteiger partial charge in [-0.05, 0) is 48.0 Å². The van der Waals surface area contributed by atoms with Crippen LogP contribution in [0.15, 0.2) is 65.1 Å². The fraction of sp³-hybridized carbons (Fsp3) is 0.167. The fourth-order valence-electron chi connectivity index (χ4n) is 3.96. The summed E-state index contributed by atoms with van der Waals surface area (Å²) in [7, 11) is 0. The van der Waals surface area contributed by atoms with Gasteiger partial charge in [0.1, 0.15) is 12.1 Å². The van der Waals surface area contributed by atoms with Crippen molar-refractivity contribution >= 4 is 62.3 Å². The molecule has 0 fully saturated rings. The Kier molecular flexibility index (Phi) is 7.04. The molecule has 1 aliphatic heterocycles. The van der Waals surface area contributed by atoms with Crippen LogP contribution in [0.25, 0.3) is 0 Å². The van der Waals surface area contributed by atoms with Crippen molar-refractivity contribution in [3.05, 3.63) is 91.9 Å². The summed E-state index contributed by atoms with van der Waals surface area (Å²) >= 11 is 15.6. The molecule has 3 aromatic carbocycles. The van der Waals surface area contributed by atoms with Gasteiger partial charge in [-0.25, -0.2) is 0 Å². The van der Waals surface area contributed by atoms with Gasteiger partial charge in [0.2, 0.25) is 0 Å². The summed E-state index contributed by atoms with van der Waals surface area (Å²) in [5.41, 5.74) is 0.464. The van der Waals surface area contributed by atoms with E-state index in [1.54, 1.807) is 42.5 Å². The number of hydrogen-bond donors (Lipinski definition) is 3. The number of alkyl halides is 3. The van der Waals surface area contributed by atoms with Crippen LogP contribution in [0.1, 0.15) is 21.5 Å². The monoisotopic (exact) mass is 585 g/mol. The lowest BCUT2D eigenvalue weighted by Crippen LogP contribution is -2.45. The molecule has 3 aromatic rings. The highest BCUT2D eigenvalue weighted by Gasteiger charge is 2.47. The van der Waals surface area contributed by atoms with Crippen molar-refractivity contribution < 1.29 is 22.8 Å². The number of nitrogens with one attached hydrogen (secondary N) is 3. The number of benzene rings is 3. The fourth-order valence-corrected chi connectivity index (χ4v) is 4.71. The zero-order chi connectivity index (χ0) is 25.4. The first-order chi connectivity index (χ1) is 16.5. The SMILES string of the molecule is O=C(NCC(F)(F)F)c1ccc(Br)cc1NC1(Cc2cccc(Cl)c2)C(=O)Nc2cc(Cl)ccc21. The smallest absolute Gasteiger partial charge is 0.367 e. The Morgan fingerprint density at radius 2 is 1.77 bits per heavy atom. The molecule has 0 saturated heterocycles. The lowest BCUT2D eigenvalue weighted by molar-refractivity contribution is -0.123. The first-order valence-electron chi connectivity index (χ1n) is 10.3. The zero-order valence-corrected chi connectivity index (χ0v) is 20.9. The van der Waals surface area contributed by atoms with E-state index in [-0.39, 0.29) is 17.7 Å². The zero-order valence-electron chi connectivity index (χ0n) is 17.8. The highest BCUT2D eigenvalue weighted by molar-refractivity contribution is 9.10. The van der Waals surface area contributed by atoms with Crippen LogP contribution in [0.4, 0.5) is 24.5 Å². The van der Waals surface area contributed by atoms with E-state index in [4.69, 9.17) is 23.2 Å². The van der Waals surface area contributed by atoms with Gasteiger partial charge in [-0.1, -0.05) is 57.3 Å². The molecular formula is C24H17BrCl2F3N3O2. The third-order valence-electron chi connectivity index (χ3n) is 5.46. The molecule has 0 radical (unpaired) electrons. The quantitative estimate of drug-likeness (QED) is 0.307. The summed E-state index contributed by atoms with van der Waals surface area (Å²) in [6, 6.07) is 16.3. The van der Waals surface area contributed by atoms with Gasteiger partial charge in [-0.3, -0.25) is 9.59 Å². The Bertz CT molecular complexity index is 1320. The molecule has 0 spiro atoms. The number of fused-ring (bicyclic) bond motifs is 1. The Morgan fingerprint density at radius 1 is 1.03 bits per heavy atom. The summed E-state index contributed by atoms with van der Waals surface area (Å²) in [6.07, 6.45) is -4.44. The van der Waals surface area contributed by atoms with Crippen molar-refractivity contribution in [2.24, 2.45) is 0 Å². The molecule has 5 nitrogen and oxygen atoms in total. The molecule has 1 unspecified atom stereocenters. The van der Waals surface area contributed by atoms with E-state index >= 15 is 0 Å². The molecule has 182 valence electrons. The van der Waals surface area contributed by atoms with Gasteiger partial charge >= 0.3 is 6.18 Å². The predicted molar refractivity (Wildman–Crippen MR) is 133 cm³/mol. The van der Waals surface area contributed by atoms with Crippen LogP contribution in [0.3, 0.4) is 0 Å². The third-order valence-corrected chi connectivity index (χ3v) is 6.42. The van der Waals surface area contributed by atoms with Crippen LogP contribution in [-0.4, -0.2) is 24.5 Å². The highest BCUT2D eigenvalue weighted by Crippen LogP contribution is 2.43. The van der Waals surface area contributed by atoms with E-state index in [0.717, 1.165) is 5.56 Å². The maximum absolute atomic E-state index is 13.5. The number of halogens is 6. The second-order valence-electron chi connectivity index (χ2n) is 7.97. The van der Waals surface area contributed by atoms with Crippen LogP contribution in [-0.2, 0) is 16.8 Å². The van der Waals surface area contributed by atoms with Gasteiger partial charge in [0.25, 0.3) is 11.8 Å². The lowest BCUT2D eigenvalue weighted by Gasteiger charge is -2.31. The van der Waals surface area contributed by atoms with Crippen molar-refractivity contribution in [3.8, 4) is 0 Å². The van der Waals surface area contributed by atoms with Gasteiger partial charge < -0.3 is 16.0 Å². The van der Waals surface area contributed by atoms with Crippen molar-refractivity contribution in [2.75, 3.05) is 17.2 Å². The molecule has 0 aromatic heterocycles. The molecule has 11 heteroatoms. The van der Waals surface area contributed by atoms with E-state index in [0.29, 0.717) is 25.8 Å². The van der Waals surface area contributed by atoms with Crippen LogP contribution in [0.2, 0.25) is 10.0 Å². The van der Waals surface area contributed by atoms with Gasteiger partial charge in [0.15, 0.2) is 0 Å². The summed E-state index contributed by atoms with van der Waals surface area (Å²) in [6.45, 7) is -1.49. The van der Waals surface area contributed by atoms with E-state index < -0.39 is 30.1 Å². The van der Waals surface area contributed by atoms with Gasteiger partial charge in [-0.2, -0.15) is 13.2 Å². The van der Waals surface area contributed by atoms with E-state index in [1.165, 1.54) is 18.2 Å². The van der Waals surface area contributed by atoms with E-state index in [9.17, 15) is 22.8 Å². The molecule has 0 saturated carbocycles. The Balaban J connectivity index is 1.81. The largest absolute Gasteiger partial charge is 0.405 e. The van der Waals surface area contributed by atoms with E-state index in [2.05, 4.69) is 26.6 Å². The van der Waals surface area contributed by atoms with Gasteiger partial charge in [0, 0.05) is 37.9 Å². The predicted octanol–water partition coefficient (Wildman–Crippen LogP) is 6.55. The molecule has 1 heterocycles. The third kappa shape index (κ3) is 5.58. The van der Waals surface area contributed by atoms with Gasteiger partial charge in [0.05, 0.1) is 5.56 Å². The highest BCUT2D eigenvalue weighted by atomic mass is 79.9. The summed E-state index contributed by atoms with van der Waals surface area (Å²) in [5.74, 6) is -1.36. The molecule has 2 amide bonds. The van der Waals surface area contributed by atoms with Gasteiger partial charge in [-0.15, -0.1) is 0 Å². The normalized spacial score (nSPS) is 17.0. The molecule has 0 bridgehead atoms. The lowest BCUT2D eigenvalue weighted by atomic mass is 9.84. The number of anilines is 2. The molecule has 4 rings (SSSR count). The van der Waals surface area contributed by atoms with E-state index in [1.807, 2.05) is 5.32 Å². The van der Waals surface area contributed by atoms with Crippen molar-refractivity contribution in [2.45, 2.75) is 18.1 Å². The second kappa shape index (κ2) is 9.72. The molecule has 0 aliphatic carbocycles. The molecule has 3 N–H and O–H groups in total. The first kappa shape index (κ1) is 25.3. The van der Waals surface area contributed by atoms with Crippen LogP contribution in [0, 0.1) is 0 Å². The van der Waals surface area contributed by atoms with Crippen molar-refractivity contribution in [3.63, 3.8) is 0 Å². The maximum atomic E-state index is 13.5. The van der Waals surface area contributed by atoms with Crippen molar-refractivity contribution in [1.29, 1.82) is 0 Å². The molecular weight excluding hydrogens is 570 g/mol. The number of rotatable bonds is 6. The standard InChI is InChI=1S/C24H17BrCl2F3N3O2/c25-14-4-6-17(21(34)31-12-24(28,29)30)19(9-14)33-23(11-13-2-1-3-15(26)8-13)18-7-5-16(27)10-20(18)32-22(23)35/h1-10,33H,11-12H2,(H,31,34)(H,32,35). The average molecular weight is 587 g/mol. The Hall–Kier alpha value is -2.75. The minimum atomic E-state index is -4.57. The summed E-state index contributed by atoms with van der Waals surface area (Å²) < 4.78 is 38.6. The topological polar surface area (TPSA) is 70.2 Å². The number of carbonyl (C=O) groups excluding carboxylic acids is 2. The minimum Gasteiger partial charge on any atom is -0.367 e. The summed E-state index contributed by atoms with van der Waals surface area (Å²) in [5, 5.41) is 8.74. The maximum Gasteiger partial charge on any atom is 0.405 e. The summed E-state index contributed by atoms with van der Waals surface area (Å²) in [4.78, 5) is 26.1. The number of hydrogen-bond acceptors (Lipinski definition) is 3.